The highest BCUT2D eigenvalue weighted by Crippen LogP contribution is 2.10. The number of nitrogens with one attached hydrogen (secondary N) is 1. The van der Waals surface area contributed by atoms with Crippen molar-refractivity contribution in [1.82, 2.24) is 10.3 Å². The zero-order valence-corrected chi connectivity index (χ0v) is 10.3. The maximum absolute atomic E-state index is 11.3. The van der Waals surface area contributed by atoms with Crippen molar-refractivity contribution in [3.05, 3.63) is 42.2 Å². The quantitative estimate of drug-likeness (QED) is 0.603. The average molecular weight is 234 g/mol. The Balaban J connectivity index is 2.41. The van der Waals surface area contributed by atoms with E-state index >= 15 is 0 Å². The topological polar surface area (TPSA) is 51.2 Å². The number of carbonyl (C=O) groups excluding carboxylic acids is 1. The third-order valence-electron chi connectivity index (χ3n) is 2.39. The molecule has 4 heteroatoms. The van der Waals surface area contributed by atoms with Crippen LogP contribution in [0.5, 0.6) is 0 Å². The lowest BCUT2D eigenvalue weighted by Gasteiger charge is -2.14. The van der Waals surface area contributed by atoms with E-state index in [4.69, 9.17) is 4.74 Å². The van der Waals surface area contributed by atoms with Gasteiger partial charge in [0.05, 0.1) is 6.61 Å². The van der Waals surface area contributed by atoms with E-state index in [-0.39, 0.29) is 12.0 Å². The van der Waals surface area contributed by atoms with Crippen LogP contribution in [0.2, 0.25) is 0 Å². The molecule has 1 aromatic rings. The molecule has 0 unspecified atom stereocenters. The molecule has 0 aliphatic carbocycles. The summed E-state index contributed by atoms with van der Waals surface area (Å²) in [6.07, 6.45) is 3.49. The van der Waals surface area contributed by atoms with Gasteiger partial charge in [-0.2, -0.15) is 0 Å². The fourth-order valence-corrected chi connectivity index (χ4v) is 1.35. The zero-order chi connectivity index (χ0) is 12.7. The van der Waals surface area contributed by atoms with Crippen molar-refractivity contribution >= 4 is 5.97 Å². The first kappa shape index (κ1) is 13.4. The predicted octanol–water partition coefficient (Wildman–Crippen LogP) is 1.85. The van der Waals surface area contributed by atoms with E-state index in [0.717, 1.165) is 5.56 Å². The lowest BCUT2D eigenvalue weighted by Crippen LogP contribution is -2.24. The molecular weight excluding hydrogens is 216 g/mol. The molecule has 0 fully saturated rings. The fraction of sp³-hybridized carbons (Fsp3) is 0.385. The van der Waals surface area contributed by atoms with Gasteiger partial charge in [0.15, 0.2) is 0 Å². The van der Waals surface area contributed by atoms with Crippen molar-refractivity contribution in [2.24, 2.45) is 0 Å². The molecule has 0 aliphatic heterocycles. The molecule has 92 valence electrons. The van der Waals surface area contributed by atoms with Gasteiger partial charge in [0.25, 0.3) is 0 Å². The summed E-state index contributed by atoms with van der Waals surface area (Å²) in [4.78, 5) is 15.3. The van der Waals surface area contributed by atoms with E-state index in [1.165, 1.54) is 0 Å². The number of nitrogens with zero attached hydrogens (tertiary/aromatic N) is 1. The first-order chi connectivity index (χ1) is 8.15. The number of hydrogen-bond acceptors (Lipinski definition) is 4. The number of esters is 1. The van der Waals surface area contributed by atoms with Gasteiger partial charge >= 0.3 is 5.97 Å². The van der Waals surface area contributed by atoms with Crippen LogP contribution in [-0.2, 0) is 9.53 Å². The van der Waals surface area contributed by atoms with Crippen LogP contribution >= 0.6 is 0 Å². The van der Waals surface area contributed by atoms with Crippen LogP contribution in [0.25, 0.3) is 0 Å². The highest BCUT2D eigenvalue weighted by molar-refractivity contribution is 5.88. The predicted molar refractivity (Wildman–Crippen MR) is 66.4 cm³/mol. The summed E-state index contributed by atoms with van der Waals surface area (Å²) in [5.41, 5.74) is 1.56. The van der Waals surface area contributed by atoms with Gasteiger partial charge in [0.1, 0.15) is 0 Å². The molecule has 1 rings (SSSR count). The Hall–Kier alpha value is -1.68. The average Bonchev–Trinajstić information content (AvgIpc) is 2.36. The highest BCUT2D eigenvalue weighted by atomic mass is 16.5. The van der Waals surface area contributed by atoms with E-state index in [9.17, 15) is 4.79 Å². The Morgan fingerprint density at radius 3 is 2.76 bits per heavy atom. The minimum Gasteiger partial charge on any atom is -0.463 e. The van der Waals surface area contributed by atoms with Gasteiger partial charge in [-0.25, -0.2) is 4.79 Å². The Morgan fingerprint density at radius 1 is 1.53 bits per heavy atom. The molecule has 0 saturated carbocycles. The van der Waals surface area contributed by atoms with Crippen molar-refractivity contribution in [2.45, 2.75) is 19.9 Å². The Bertz CT molecular complexity index is 376. The van der Waals surface area contributed by atoms with Crippen LogP contribution < -0.4 is 5.32 Å². The van der Waals surface area contributed by atoms with Crippen LogP contribution in [0.4, 0.5) is 0 Å². The fourth-order valence-electron chi connectivity index (χ4n) is 1.35. The molecule has 0 bridgehead atoms. The maximum Gasteiger partial charge on any atom is 0.334 e. The molecule has 1 aromatic heterocycles. The number of pyridine rings is 1. The van der Waals surface area contributed by atoms with Gasteiger partial charge in [-0.3, -0.25) is 4.98 Å². The molecule has 4 nitrogen and oxygen atoms in total. The van der Waals surface area contributed by atoms with Gasteiger partial charge in [-0.15, -0.1) is 0 Å². The maximum atomic E-state index is 11.3. The molecule has 0 radical (unpaired) electrons. The summed E-state index contributed by atoms with van der Waals surface area (Å²) < 4.78 is 4.85. The minimum atomic E-state index is -0.345. The number of ether oxygens (including phenoxy) is 1. The standard InChI is InChI=1S/C13H18N2O2/c1-4-17-13(16)10(2)9-15-11(3)12-5-7-14-8-6-12/h5-8,11,15H,2,4,9H2,1,3H3/t11-/m0/s1. The lowest BCUT2D eigenvalue weighted by atomic mass is 10.1. The summed E-state index contributed by atoms with van der Waals surface area (Å²) in [6, 6.07) is 4.01. The van der Waals surface area contributed by atoms with Crippen molar-refractivity contribution in [3.8, 4) is 0 Å². The van der Waals surface area contributed by atoms with Crippen LogP contribution in [0.3, 0.4) is 0 Å². The van der Waals surface area contributed by atoms with Gasteiger partial charge in [-0.1, -0.05) is 6.58 Å². The highest BCUT2D eigenvalue weighted by Gasteiger charge is 2.10. The second-order valence-electron chi connectivity index (χ2n) is 3.71. The Morgan fingerprint density at radius 2 is 2.18 bits per heavy atom. The van der Waals surface area contributed by atoms with Crippen molar-refractivity contribution < 1.29 is 9.53 Å². The number of rotatable bonds is 6. The second kappa shape index (κ2) is 6.81. The van der Waals surface area contributed by atoms with Crippen molar-refractivity contribution in [2.75, 3.05) is 13.2 Å². The lowest BCUT2D eigenvalue weighted by molar-refractivity contribution is -0.138. The summed E-state index contributed by atoms with van der Waals surface area (Å²) in [7, 11) is 0. The van der Waals surface area contributed by atoms with E-state index in [0.29, 0.717) is 18.7 Å². The normalized spacial score (nSPS) is 11.9. The summed E-state index contributed by atoms with van der Waals surface area (Å²) >= 11 is 0. The number of aromatic nitrogens is 1. The van der Waals surface area contributed by atoms with E-state index < -0.39 is 0 Å². The van der Waals surface area contributed by atoms with E-state index in [2.05, 4.69) is 16.9 Å². The molecule has 0 spiro atoms. The molecule has 17 heavy (non-hydrogen) atoms. The van der Waals surface area contributed by atoms with Crippen molar-refractivity contribution in [3.63, 3.8) is 0 Å². The number of hydrogen-bond donors (Lipinski definition) is 1. The first-order valence-corrected chi connectivity index (χ1v) is 5.63. The summed E-state index contributed by atoms with van der Waals surface area (Å²) in [6.45, 7) is 8.28. The zero-order valence-electron chi connectivity index (χ0n) is 10.3. The van der Waals surface area contributed by atoms with Crippen LogP contribution in [0.1, 0.15) is 25.5 Å². The van der Waals surface area contributed by atoms with Gasteiger partial charge in [0, 0.05) is 30.6 Å². The Labute approximate surface area is 102 Å². The molecule has 1 N–H and O–H groups in total. The second-order valence-corrected chi connectivity index (χ2v) is 3.71. The third kappa shape index (κ3) is 4.36. The van der Waals surface area contributed by atoms with Crippen LogP contribution in [0.15, 0.2) is 36.7 Å². The third-order valence-corrected chi connectivity index (χ3v) is 2.39. The minimum absolute atomic E-state index is 0.143. The number of carbonyl (C=O) groups is 1. The molecule has 0 aliphatic rings. The van der Waals surface area contributed by atoms with Crippen molar-refractivity contribution in [1.29, 1.82) is 0 Å². The van der Waals surface area contributed by atoms with Gasteiger partial charge < -0.3 is 10.1 Å². The molecule has 0 saturated heterocycles. The summed E-state index contributed by atoms with van der Waals surface area (Å²) in [5, 5.41) is 3.21. The van der Waals surface area contributed by atoms with Crippen LogP contribution in [0, 0.1) is 0 Å². The smallest absolute Gasteiger partial charge is 0.334 e. The van der Waals surface area contributed by atoms with Gasteiger partial charge in [0.2, 0.25) is 0 Å². The van der Waals surface area contributed by atoms with E-state index in [1.54, 1.807) is 19.3 Å². The molecular formula is C13H18N2O2. The van der Waals surface area contributed by atoms with E-state index in [1.807, 2.05) is 19.1 Å². The first-order valence-electron chi connectivity index (χ1n) is 5.63. The SMILES string of the molecule is C=C(CN[C@@H](C)c1ccncc1)C(=O)OCC. The Kier molecular flexibility index (Phi) is 5.36. The van der Waals surface area contributed by atoms with Gasteiger partial charge in [-0.05, 0) is 31.5 Å². The monoisotopic (exact) mass is 234 g/mol. The van der Waals surface area contributed by atoms with Crippen LogP contribution in [-0.4, -0.2) is 24.1 Å². The molecule has 1 atom stereocenters. The molecule has 0 amide bonds. The molecule has 1 heterocycles. The largest absolute Gasteiger partial charge is 0.463 e. The summed E-state index contributed by atoms with van der Waals surface area (Å²) in [5.74, 6) is -0.345. The molecule has 0 aromatic carbocycles.